The minimum atomic E-state index is 0.497. The van der Waals surface area contributed by atoms with Crippen molar-refractivity contribution in [3.8, 4) is 0 Å². The van der Waals surface area contributed by atoms with Gasteiger partial charge in [0.05, 0.1) is 0 Å². The van der Waals surface area contributed by atoms with Gasteiger partial charge < -0.3 is 11.1 Å². The topological polar surface area (TPSA) is 38.0 Å². The normalized spacial score (nSPS) is 35.2. The second kappa shape index (κ2) is 3.35. The molecule has 1 saturated carbocycles. The average Bonchev–Trinajstić information content (AvgIpc) is 2.05. The summed E-state index contributed by atoms with van der Waals surface area (Å²) >= 11 is 0. The Bertz CT molecular complexity index is 144. The third-order valence-corrected chi connectivity index (χ3v) is 3.64. The highest BCUT2D eigenvalue weighted by Crippen LogP contribution is 2.42. The van der Waals surface area contributed by atoms with Crippen LogP contribution in [0.1, 0.15) is 38.5 Å². The molecule has 1 unspecified atom stereocenters. The lowest BCUT2D eigenvalue weighted by atomic mass is 9.67. The Labute approximate surface area is 74.9 Å². The van der Waals surface area contributed by atoms with Crippen LogP contribution < -0.4 is 11.1 Å². The molecule has 2 heteroatoms. The Morgan fingerprint density at radius 3 is 2.58 bits per heavy atom. The maximum absolute atomic E-state index is 6.02. The zero-order valence-corrected chi connectivity index (χ0v) is 7.81. The summed E-state index contributed by atoms with van der Waals surface area (Å²) in [5.74, 6) is 0. The van der Waals surface area contributed by atoms with Gasteiger partial charge in [0.15, 0.2) is 0 Å². The summed E-state index contributed by atoms with van der Waals surface area (Å²) in [6.45, 7) is 2.43. The maximum atomic E-state index is 6.02. The van der Waals surface area contributed by atoms with Crippen molar-refractivity contribution in [3.63, 3.8) is 0 Å². The molecular weight excluding hydrogens is 148 g/mol. The second-order valence-corrected chi connectivity index (χ2v) is 4.61. The van der Waals surface area contributed by atoms with E-state index in [0.29, 0.717) is 11.5 Å². The van der Waals surface area contributed by atoms with E-state index in [1.165, 1.54) is 51.6 Å². The zero-order valence-electron chi connectivity index (χ0n) is 7.81. The lowest BCUT2D eigenvalue weighted by Gasteiger charge is -2.43. The molecule has 3 N–H and O–H groups in total. The molecule has 1 spiro atoms. The van der Waals surface area contributed by atoms with Crippen LogP contribution in [0.2, 0.25) is 0 Å². The highest BCUT2D eigenvalue weighted by Gasteiger charge is 2.35. The third kappa shape index (κ3) is 1.64. The van der Waals surface area contributed by atoms with Gasteiger partial charge in [0.2, 0.25) is 0 Å². The van der Waals surface area contributed by atoms with Crippen LogP contribution in [0.4, 0.5) is 0 Å². The molecule has 0 aromatic heterocycles. The average molecular weight is 168 g/mol. The largest absolute Gasteiger partial charge is 0.328 e. The number of nitrogens with two attached hydrogens (primary N) is 1. The molecule has 2 fully saturated rings. The van der Waals surface area contributed by atoms with Crippen LogP contribution in [-0.4, -0.2) is 19.1 Å². The molecule has 1 heterocycles. The van der Waals surface area contributed by atoms with Gasteiger partial charge in [-0.2, -0.15) is 0 Å². The van der Waals surface area contributed by atoms with Crippen LogP contribution >= 0.6 is 0 Å². The van der Waals surface area contributed by atoms with Gasteiger partial charge in [-0.3, -0.25) is 0 Å². The van der Waals surface area contributed by atoms with Crippen LogP contribution in [-0.2, 0) is 0 Å². The predicted octanol–water partition coefficient (Wildman–Crippen LogP) is 1.26. The van der Waals surface area contributed by atoms with E-state index in [1.807, 2.05) is 0 Å². The summed E-state index contributed by atoms with van der Waals surface area (Å²) in [7, 11) is 0. The van der Waals surface area contributed by atoms with Crippen molar-refractivity contribution in [2.75, 3.05) is 13.1 Å². The number of rotatable bonds is 0. The summed E-state index contributed by atoms with van der Waals surface area (Å²) in [6.07, 6.45) is 8.06. The van der Waals surface area contributed by atoms with Gasteiger partial charge in [0.25, 0.3) is 0 Å². The van der Waals surface area contributed by atoms with E-state index in [2.05, 4.69) is 5.32 Å². The molecule has 1 aliphatic carbocycles. The molecule has 0 aromatic carbocycles. The highest BCUT2D eigenvalue weighted by atomic mass is 14.9. The van der Waals surface area contributed by atoms with Crippen LogP contribution in [0.3, 0.4) is 0 Å². The van der Waals surface area contributed by atoms with Crippen LogP contribution in [0, 0.1) is 5.41 Å². The lowest BCUT2D eigenvalue weighted by molar-refractivity contribution is 0.121. The van der Waals surface area contributed by atoms with Gasteiger partial charge in [-0.05, 0) is 50.6 Å². The molecular formula is C10H20N2. The van der Waals surface area contributed by atoms with E-state index >= 15 is 0 Å². The van der Waals surface area contributed by atoms with E-state index in [-0.39, 0.29) is 0 Å². The molecule has 1 aliphatic heterocycles. The van der Waals surface area contributed by atoms with E-state index in [0.717, 1.165) is 0 Å². The van der Waals surface area contributed by atoms with Gasteiger partial charge in [0, 0.05) is 6.04 Å². The van der Waals surface area contributed by atoms with Gasteiger partial charge in [-0.15, -0.1) is 0 Å². The Kier molecular flexibility index (Phi) is 2.37. The van der Waals surface area contributed by atoms with Gasteiger partial charge in [-0.1, -0.05) is 6.42 Å². The predicted molar refractivity (Wildman–Crippen MR) is 51.0 cm³/mol. The standard InChI is InChI=1S/C10H20N2/c11-9-2-1-3-10(8-9)4-6-12-7-5-10/h9,12H,1-8,11H2. The fourth-order valence-corrected chi connectivity index (χ4v) is 2.91. The molecule has 2 aliphatic rings. The summed E-state index contributed by atoms with van der Waals surface area (Å²) in [5, 5.41) is 3.43. The summed E-state index contributed by atoms with van der Waals surface area (Å²) in [5.41, 5.74) is 6.66. The first-order chi connectivity index (χ1) is 5.81. The molecule has 0 amide bonds. The first kappa shape index (κ1) is 8.52. The van der Waals surface area contributed by atoms with E-state index in [9.17, 15) is 0 Å². The molecule has 0 aromatic rings. The van der Waals surface area contributed by atoms with E-state index in [1.54, 1.807) is 0 Å². The van der Waals surface area contributed by atoms with Crippen molar-refractivity contribution in [1.82, 2.24) is 5.32 Å². The monoisotopic (exact) mass is 168 g/mol. The molecule has 0 radical (unpaired) electrons. The third-order valence-electron chi connectivity index (χ3n) is 3.64. The molecule has 12 heavy (non-hydrogen) atoms. The summed E-state index contributed by atoms with van der Waals surface area (Å²) < 4.78 is 0. The smallest absolute Gasteiger partial charge is 0.00441 e. The van der Waals surface area contributed by atoms with E-state index < -0.39 is 0 Å². The highest BCUT2D eigenvalue weighted by molar-refractivity contribution is 4.91. The number of hydrogen-bond donors (Lipinski definition) is 2. The van der Waals surface area contributed by atoms with Gasteiger partial charge >= 0.3 is 0 Å². The quantitative estimate of drug-likeness (QED) is 0.571. The fraction of sp³-hybridized carbons (Fsp3) is 1.00. The Morgan fingerprint density at radius 2 is 1.92 bits per heavy atom. The van der Waals surface area contributed by atoms with Gasteiger partial charge in [-0.25, -0.2) is 0 Å². The van der Waals surface area contributed by atoms with Crippen molar-refractivity contribution in [2.45, 2.75) is 44.6 Å². The zero-order chi connectivity index (χ0) is 8.44. The van der Waals surface area contributed by atoms with Crippen molar-refractivity contribution in [3.05, 3.63) is 0 Å². The van der Waals surface area contributed by atoms with Crippen LogP contribution in [0.5, 0.6) is 0 Å². The number of nitrogens with one attached hydrogen (secondary N) is 1. The van der Waals surface area contributed by atoms with Crippen molar-refractivity contribution < 1.29 is 0 Å². The Morgan fingerprint density at radius 1 is 1.17 bits per heavy atom. The molecule has 1 atom stereocenters. The molecule has 2 nitrogen and oxygen atoms in total. The maximum Gasteiger partial charge on any atom is 0.00441 e. The lowest BCUT2D eigenvalue weighted by Crippen LogP contribution is -2.43. The summed E-state index contributed by atoms with van der Waals surface area (Å²) in [4.78, 5) is 0. The molecule has 1 saturated heterocycles. The van der Waals surface area contributed by atoms with Crippen LogP contribution in [0.25, 0.3) is 0 Å². The van der Waals surface area contributed by atoms with Crippen molar-refractivity contribution in [2.24, 2.45) is 11.1 Å². The van der Waals surface area contributed by atoms with Crippen molar-refractivity contribution >= 4 is 0 Å². The first-order valence-electron chi connectivity index (χ1n) is 5.27. The minimum absolute atomic E-state index is 0.497. The van der Waals surface area contributed by atoms with Crippen LogP contribution in [0.15, 0.2) is 0 Å². The number of hydrogen-bond acceptors (Lipinski definition) is 2. The van der Waals surface area contributed by atoms with Crippen molar-refractivity contribution in [1.29, 1.82) is 0 Å². The first-order valence-corrected chi connectivity index (χ1v) is 5.27. The van der Waals surface area contributed by atoms with Gasteiger partial charge in [0.1, 0.15) is 0 Å². The SMILES string of the molecule is NC1CCCC2(CCNCC2)C1. The fourth-order valence-electron chi connectivity index (χ4n) is 2.91. The second-order valence-electron chi connectivity index (χ2n) is 4.61. The Hall–Kier alpha value is -0.0800. The minimum Gasteiger partial charge on any atom is -0.328 e. The Balaban J connectivity index is 1.97. The summed E-state index contributed by atoms with van der Waals surface area (Å²) in [6, 6.07) is 0.497. The molecule has 0 bridgehead atoms. The number of piperidine rings is 1. The van der Waals surface area contributed by atoms with E-state index in [4.69, 9.17) is 5.73 Å². The molecule has 2 rings (SSSR count). The molecule has 70 valence electrons.